The lowest BCUT2D eigenvalue weighted by molar-refractivity contribution is -0.669. The van der Waals surface area contributed by atoms with Gasteiger partial charge in [0.1, 0.15) is 10.5 Å². The monoisotopic (exact) mass is 542 g/mol. The maximum atomic E-state index is 13.5. The van der Waals surface area contributed by atoms with Crippen LogP contribution in [0.15, 0.2) is 77.2 Å². The molecule has 0 bridgehead atoms. The Hall–Kier alpha value is -3.22. The first-order chi connectivity index (χ1) is 18.9. The number of hydrogen-bond acceptors (Lipinski definition) is 5. The minimum absolute atomic E-state index is 0.0937. The summed E-state index contributed by atoms with van der Waals surface area (Å²) in [7, 11) is 0. The Kier molecular flexibility index (Phi) is 8.06. The SMILES string of the molecule is CCCCCC[n+]1c(/C=C2\C(=O)C(/C=C3/N(CCCCN)c4ccccc4C3(C)C)=C2O)sc2ccccc21. The molecule has 5 rings (SSSR count). The maximum Gasteiger partial charge on any atom is 0.263 e. The van der Waals surface area contributed by atoms with E-state index >= 15 is 0 Å². The minimum Gasteiger partial charge on any atom is -0.506 e. The average molecular weight is 543 g/mol. The molecule has 1 aliphatic carbocycles. The van der Waals surface area contributed by atoms with Crippen molar-refractivity contribution in [3.8, 4) is 0 Å². The molecule has 0 spiro atoms. The van der Waals surface area contributed by atoms with Crippen LogP contribution in [0.2, 0.25) is 0 Å². The molecule has 0 saturated carbocycles. The van der Waals surface area contributed by atoms with E-state index in [0.29, 0.717) is 17.7 Å². The normalized spacial score (nSPS) is 18.5. The molecular formula is C33H40N3O2S+. The highest BCUT2D eigenvalue weighted by Crippen LogP contribution is 2.49. The molecule has 5 nitrogen and oxygen atoms in total. The number of unbranched alkanes of at least 4 members (excludes halogenated alkanes) is 4. The van der Waals surface area contributed by atoms with Crippen LogP contribution in [0.5, 0.6) is 0 Å². The maximum absolute atomic E-state index is 13.5. The number of carbonyl (C=O) groups excluding carboxylic acids is 1. The standard InChI is InChI=1S/C33H39N3O2S/c1-4-5-6-12-20-36-27-16-9-10-17-28(27)39-30(36)22-24-31(37)23(32(24)38)21-29-33(2,3)25-14-7-8-15-26(25)35(29)19-13-11-18-34/h7-10,14-17,21-22H,4-6,11-13,18-20,34H2,1-3H3/p+1. The van der Waals surface area contributed by atoms with E-state index in [-0.39, 0.29) is 17.0 Å². The van der Waals surface area contributed by atoms with Crippen molar-refractivity contribution >= 4 is 39.1 Å². The number of aromatic nitrogens is 1. The van der Waals surface area contributed by atoms with E-state index in [1.807, 2.05) is 18.2 Å². The lowest BCUT2D eigenvalue weighted by Crippen LogP contribution is -2.35. The molecule has 0 radical (unpaired) electrons. The van der Waals surface area contributed by atoms with Crippen LogP contribution in [0.25, 0.3) is 16.3 Å². The predicted molar refractivity (Wildman–Crippen MR) is 162 cm³/mol. The third-order valence-corrected chi connectivity index (χ3v) is 9.17. The average Bonchev–Trinajstić information content (AvgIpc) is 3.40. The zero-order valence-corrected chi connectivity index (χ0v) is 24.2. The van der Waals surface area contributed by atoms with Crippen LogP contribution in [0.3, 0.4) is 0 Å². The molecule has 3 N–H and O–H groups in total. The fourth-order valence-electron chi connectivity index (χ4n) is 5.81. The zero-order chi connectivity index (χ0) is 27.6. The van der Waals surface area contributed by atoms with E-state index in [0.717, 1.165) is 43.1 Å². The van der Waals surface area contributed by atoms with E-state index in [2.05, 4.69) is 72.7 Å². The fourth-order valence-corrected chi connectivity index (χ4v) is 6.95. The van der Waals surface area contributed by atoms with Gasteiger partial charge in [-0.3, -0.25) is 4.79 Å². The number of aliphatic hydroxyl groups is 1. The van der Waals surface area contributed by atoms with Gasteiger partial charge < -0.3 is 15.7 Å². The van der Waals surface area contributed by atoms with Crippen LogP contribution in [-0.2, 0) is 16.8 Å². The molecular weight excluding hydrogens is 502 g/mol. The van der Waals surface area contributed by atoms with Crippen molar-refractivity contribution in [1.82, 2.24) is 0 Å². The third-order valence-electron chi connectivity index (χ3n) is 8.06. The number of hydrogen-bond donors (Lipinski definition) is 2. The van der Waals surface area contributed by atoms with Crippen molar-refractivity contribution in [3.63, 3.8) is 0 Å². The zero-order valence-electron chi connectivity index (χ0n) is 23.4. The molecule has 2 aliphatic rings. The minimum atomic E-state index is -0.278. The number of rotatable bonds is 11. The van der Waals surface area contributed by atoms with Crippen LogP contribution < -0.4 is 15.2 Å². The van der Waals surface area contributed by atoms with Gasteiger partial charge in [-0.05, 0) is 49.6 Å². The second kappa shape index (κ2) is 11.5. The van der Waals surface area contributed by atoms with Gasteiger partial charge in [0.2, 0.25) is 11.3 Å². The first-order valence-corrected chi connectivity index (χ1v) is 15.1. The number of fused-ring (bicyclic) bond motifs is 2. The first kappa shape index (κ1) is 27.4. The molecule has 0 atom stereocenters. The predicted octanol–water partition coefficient (Wildman–Crippen LogP) is 6.97. The number of anilines is 1. The summed E-state index contributed by atoms with van der Waals surface area (Å²) in [5.74, 6) is -0.000179. The molecule has 0 fully saturated rings. The third kappa shape index (κ3) is 5.08. The molecule has 2 heterocycles. The number of nitrogens with zero attached hydrogens (tertiary/aromatic N) is 2. The number of Topliss-reactive ketones (excluding diaryl/α,β-unsaturated/α-hetero) is 1. The van der Waals surface area contributed by atoms with Gasteiger partial charge in [0.15, 0.2) is 6.54 Å². The molecule has 1 aromatic heterocycles. The van der Waals surface area contributed by atoms with Gasteiger partial charge in [-0.2, -0.15) is 4.57 Å². The highest BCUT2D eigenvalue weighted by Gasteiger charge is 2.42. The number of nitrogens with two attached hydrogens (primary N) is 1. The largest absolute Gasteiger partial charge is 0.506 e. The Bertz CT molecular complexity index is 1480. The van der Waals surface area contributed by atoms with Crippen molar-refractivity contribution in [2.75, 3.05) is 18.0 Å². The van der Waals surface area contributed by atoms with Crippen molar-refractivity contribution in [2.45, 2.75) is 71.3 Å². The molecule has 1 aliphatic heterocycles. The van der Waals surface area contributed by atoms with Gasteiger partial charge in [-0.15, -0.1) is 0 Å². The van der Waals surface area contributed by atoms with Gasteiger partial charge in [0.05, 0.1) is 11.1 Å². The van der Waals surface area contributed by atoms with Gasteiger partial charge >= 0.3 is 0 Å². The molecule has 0 saturated heterocycles. The fraction of sp³-hybridized carbons (Fsp3) is 0.394. The summed E-state index contributed by atoms with van der Waals surface area (Å²) < 4.78 is 3.49. The number of carbonyl (C=O) groups is 1. The Morgan fingerprint density at radius 3 is 2.54 bits per heavy atom. The van der Waals surface area contributed by atoms with Crippen LogP contribution >= 0.6 is 11.3 Å². The number of allylic oxidation sites excluding steroid dienone is 4. The van der Waals surface area contributed by atoms with Crippen molar-refractivity contribution < 1.29 is 14.5 Å². The number of ketones is 1. The molecule has 0 amide bonds. The van der Waals surface area contributed by atoms with Gasteiger partial charge in [0, 0.05) is 41.9 Å². The summed E-state index contributed by atoms with van der Waals surface area (Å²) in [4.78, 5) is 15.8. The number of aliphatic hydroxyl groups excluding tert-OH is 1. The quantitative estimate of drug-likeness (QED) is 0.156. The van der Waals surface area contributed by atoms with E-state index in [4.69, 9.17) is 5.73 Å². The lowest BCUT2D eigenvalue weighted by atomic mass is 9.80. The molecule has 0 unspecified atom stereocenters. The Morgan fingerprint density at radius 2 is 1.77 bits per heavy atom. The van der Waals surface area contributed by atoms with E-state index in [9.17, 15) is 9.90 Å². The number of benzene rings is 2. The number of para-hydroxylation sites is 2. The molecule has 39 heavy (non-hydrogen) atoms. The summed E-state index contributed by atoms with van der Waals surface area (Å²) in [5, 5.41) is 12.2. The summed E-state index contributed by atoms with van der Waals surface area (Å²) >= 11 is 1.67. The van der Waals surface area contributed by atoms with E-state index in [1.54, 1.807) is 11.3 Å². The highest BCUT2D eigenvalue weighted by atomic mass is 32.1. The van der Waals surface area contributed by atoms with Crippen molar-refractivity contribution in [2.24, 2.45) is 5.73 Å². The molecule has 3 aromatic rings. The molecule has 6 heteroatoms. The first-order valence-electron chi connectivity index (χ1n) is 14.3. The lowest BCUT2D eigenvalue weighted by Gasteiger charge is -2.29. The van der Waals surface area contributed by atoms with Crippen LogP contribution in [0, 0.1) is 0 Å². The van der Waals surface area contributed by atoms with Crippen LogP contribution in [0.1, 0.15) is 69.9 Å². The Labute approximate surface area is 236 Å². The van der Waals surface area contributed by atoms with E-state index in [1.165, 1.54) is 40.7 Å². The Morgan fingerprint density at radius 1 is 1.00 bits per heavy atom. The summed E-state index contributed by atoms with van der Waals surface area (Å²) in [6, 6.07) is 16.8. The van der Waals surface area contributed by atoms with Gasteiger partial charge in [-0.1, -0.05) is 75.3 Å². The van der Waals surface area contributed by atoms with Crippen molar-refractivity contribution in [1.29, 1.82) is 0 Å². The number of thiazole rings is 1. The van der Waals surface area contributed by atoms with Gasteiger partial charge in [0.25, 0.3) is 5.01 Å². The second-order valence-electron chi connectivity index (χ2n) is 11.1. The number of aryl methyl sites for hydroxylation is 1. The molecule has 2 aromatic carbocycles. The topological polar surface area (TPSA) is 70.4 Å². The highest BCUT2D eigenvalue weighted by molar-refractivity contribution is 7.18. The smallest absolute Gasteiger partial charge is 0.263 e. The summed E-state index contributed by atoms with van der Waals surface area (Å²) in [6.45, 7) is 9.00. The second-order valence-corrected chi connectivity index (χ2v) is 12.2. The van der Waals surface area contributed by atoms with Crippen LogP contribution in [0.4, 0.5) is 5.69 Å². The molecule has 204 valence electrons. The van der Waals surface area contributed by atoms with E-state index < -0.39 is 0 Å². The van der Waals surface area contributed by atoms with Crippen molar-refractivity contribution in [3.05, 3.63) is 87.8 Å². The summed E-state index contributed by atoms with van der Waals surface area (Å²) in [5.41, 5.74) is 10.9. The van der Waals surface area contributed by atoms with Gasteiger partial charge in [-0.25, -0.2) is 0 Å². The summed E-state index contributed by atoms with van der Waals surface area (Å²) in [6.07, 6.45) is 10.4. The Balaban J connectivity index is 1.49. The van der Waals surface area contributed by atoms with Crippen LogP contribution in [-0.4, -0.2) is 24.0 Å².